The molecule has 0 aromatic heterocycles. The molecule has 24 heavy (non-hydrogen) atoms. The van der Waals surface area contributed by atoms with Gasteiger partial charge in [-0.25, -0.2) is 0 Å². The highest BCUT2D eigenvalue weighted by atomic mass is 16.5. The van der Waals surface area contributed by atoms with Gasteiger partial charge < -0.3 is 14.7 Å². The third kappa shape index (κ3) is 3.42. The zero-order valence-corrected chi connectivity index (χ0v) is 14.7. The number of carbonyl (C=O) groups excluding carboxylic acids is 1. The van der Waals surface area contributed by atoms with E-state index in [0.717, 1.165) is 56.8 Å². The first-order chi connectivity index (χ1) is 11.5. The molecule has 2 heterocycles. The van der Waals surface area contributed by atoms with E-state index in [0.29, 0.717) is 6.42 Å². The van der Waals surface area contributed by atoms with Crippen LogP contribution in [0.2, 0.25) is 0 Å². The molecule has 5 nitrogen and oxygen atoms in total. The highest BCUT2D eigenvalue weighted by molar-refractivity contribution is 5.78. The fourth-order valence-electron chi connectivity index (χ4n) is 4.04. The van der Waals surface area contributed by atoms with Gasteiger partial charge >= 0.3 is 0 Å². The van der Waals surface area contributed by atoms with E-state index in [4.69, 9.17) is 4.74 Å². The highest BCUT2D eigenvalue weighted by Crippen LogP contribution is 2.35. The maximum absolute atomic E-state index is 11.8. The highest BCUT2D eigenvalue weighted by Gasteiger charge is 2.40. The van der Waals surface area contributed by atoms with Crippen LogP contribution in [0.4, 0.5) is 0 Å². The van der Waals surface area contributed by atoms with Crippen molar-refractivity contribution in [2.75, 3.05) is 33.3 Å². The number of likely N-dealkylation sites (tertiary alicyclic amines) is 2. The first-order valence-corrected chi connectivity index (χ1v) is 8.91. The van der Waals surface area contributed by atoms with Crippen LogP contribution in [-0.4, -0.2) is 60.1 Å². The Kier molecular flexibility index (Phi) is 5.11. The zero-order valence-electron chi connectivity index (χ0n) is 14.7. The monoisotopic (exact) mass is 332 g/mol. The van der Waals surface area contributed by atoms with Gasteiger partial charge in [-0.3, -0.25) is 9.69 Å². The molecule has 2 atom stereocenters. The molecular formula is C19H28N2O3. The van der Waals surface area contributed by atoms with Gasteiger partial charge in [0.1, 0.15) is 11.4 Å². The first kappa shape index (κ1) is 17.2. The lowest BCUT2D eigenvalue weighted by Gasteiger charge is -2.37. The summed E-state index contributed by atoms with van der Waals surface area (Å²) in [5, 5.41) is 11.2. The molecule has 2 aliphatic heterocycles. The molecule has 3 rings (SSSR count). The van der Waals surface area contributed by atoms with Crippen molar-refractivity contribution in [3.8, 4) is 5.75 Å². The van der Waals surface area contributed by atoms with Crippen molar-refractivity contribution in [3.63, 3.8) is 0 Å². The maximum Gasteiger partial charge on any atom is 0.222 e. The molecule has 2 saturated heterocycles. The van der Waals surface area contributed by atoms with Crippen molar-refractivity contribution < 1.29 is 14.6 Å². The lowest BCUT2D eigenvalue weighted by molar-refractivity contribution is -0.128. The van der Waals surface area contributed by atoms with E-state index in [1.807, 2.05) is 36.1 Å². The minimum atomic E-state index is -0.905. The molecule has 5 heteroatoms. The van der Waals surface area contributed by atoms with Gasteiger partial charge in [-0.15, -0.1) is 0 Å². The van der Waals surface area contributed by atoms with Crippen LogP contribution in [0.15, 0.2) is 24.3 Å². The smallest absolute Gasteiger partial charge is 0.222 e. The fraction of sp³-hybridized carbons (Fsp3) is 0.632. The summed E-state index contributed by atoms with van der Waals surface area (Å²) in [5.41, 5.74) is 0.00933. The summed E-state index contributed by atoms with van der Waals surface area (Å²) in [5.74, 6) is 1.07. The van der Waals surface area contributed by atoms with E-state index in [-0.39, 0.29) is 11.9 Å². The Bertz CT molecular complexity index is 570. The lowest BCUT2D eigenvalue weighted by Crippen LogP contribution is -2.48. The third-order valence-corrected chi connectivity index (χ3v) is 5.52. The van der Waals surface area contributed by atoms with Gasteiger partial charge in [-0.1, -0.05) is 12.1 Å². The van der Waals surface area contributed by atoms with E-state index in [1.54, 1.807) is 7.11 Å². The summed E-state index contributed by atoms with van der Waals surface area (Å²) in [7, 11) is 1.64. The first-order valence-electron chi connectivity index (χ1n) is 8.91. The van der Waals surface area contributed by atoms with Crippen LogP contribution < -0.4 is 4.74 Å². The van der Waals surface area contributed by atoms with Gasteiger partial charge in [0.2, 0.25) is 5.91 Å². The number of amides is 1. The maximum atomic E-state index is 11.8. The van der Waals surface area contributed by atoms with Gasteiger partial charge in [0.05, 0.1) is 7.11 Å². The zero-order chi connectivity index (χ0) is 17.2. The summed E-state index contributed by atoms with van der Waals surface area (Å²) in [6.07, 6.45) is 3.73. The molecule has 0 spiro atoms. The Hall–Kier alpha value is -1.59. The topological polar surface area (TPSA) is 53.0 Å². The molecule has 132 valence electrons. The van der Waals surface area contributed by atoms with E-state index < -0.39 is 5.60 Å². The number of rotatable bonds is 6. The van der Waals surface area contributed by atoms with Crippen LogP contribution in [0.25, 0.3) is 0 Å². The van der Waals surface area contributed by atoms with E-state index >= 15 is 0 Å². The third-order valence-electron chi connectivity index (χ3n) is 5.52. The molecule has 2 aliphatic rings. The van der Waals surface area contributed by atoms with Crippen LogP contribution in [0.3, 0.4) is 0 Å². The number of methoxy groups -OCH3 is 1. The van der Waals surface area contributed by atoms with Crippen molar-refractivity contribution >= 4 is 5.91 Å². The summed E-state index contributed by atoms with van der Waals surface area (Å²) in [4.78, 5) is 16.1. The lowest BCUT2D eigenvalue weighted by atomic mass is 9.86. The Morgan fingerprint density at radius 2 is 1.96 bits per heavy atom. The molecule has 1 amide bonds. The predicted octanol–water partition coefficient (Wildman–Crippen LogP) is 1.99. The molecule has 1 aromatic rings. The Morgan fingerprint density at radius 1 is 1.21 bits per heavy atom. The van der Waals surface area contributed by atoms with Crippen molar-refractivity contribution in [1.82, 2.24) is 9.80 Å². The minimum absolute atomic E-state index is 0.0867. The van der Waals surface area contributed by atoms with Gasteiger partial charge in [0, 0.05) is 32.1 Å². The van der Waals surface area contributed by atoms with Crippen molar-refractivity contribution in [2.24, 2.45) is 0 Å². The minimum Gasteiger partial charge on any atom is -0.497 e. The van der Waals surface area contributed by atoms with Crippen LogP contribution in [0.5, 0.6) is 5.75 Å². The predicted molar refractivity (Wildman–Crippen MR) is 93.0 cm³/mol. The summed E-state index contributed by atoms with van der Waals surface area (Å²) < 4.78 is 5.20. The molecule has 0 unspecified atom stereocenters. The number of aliphatic hydroxyl groups is 1. The Labute approximate surface area is 144 Å². The second-order valence-electron chi connectivity index (χ2n) is 7.05. The van der Waals surface area contributed by atoms with Gasteiger partial charge in [-0.05, 0) is 50.4 Å². The average Bonchev–Trinajstić information content (AvgIpc) is 3.22. The van der Waals surface area contributed by atoms with Gasteiger partial charge in [-0.2, -0.15) is 0 Å². The Morgan fingerprint density at radius 3 is 2.58 bits per heavy atom. The van der Waals surface area contributed by atoms with Crippen molar-refractivity contribution in [3.05, 3.63) is 29.8 Å². The molecule has 1 N–H and O–H groups in total. The Balaban J connectivity index is 1.67. The van der Waals surface area contributed by atoms with Crippen LogP contribution in [0.1, 0.15) is 38.2 Å². The largest absolute Gasteiger partial charge is 0.497 e. The molecule has 0 bridgehead atoms. The molecular weight excluding hydrogens is 304 g/mol. The van der Waals surface area contributed by atoms with Gasteiger partial charge in [0.15, 0.2) is 0 Å². The van der Waals surface area contributed by atoms with Crippen LogP contribution in [0, 0.1) is 0 Å². The van der Waals surface area contributed by atoms with Crippen LogP contribution >= 0.6 is 0 Å². The van der Waals surface area contributed by atoms with Crippen molar-refractivity contribution in [1.29, 1.82) is 0 Å². The standard InChI is InChI=1S/C19H28N2O3/c1-19(23,15-7-9-16(24-2)10-8-15)17-5-3-11-20(17)13-14-21-12-4-6-18(21)22/h7-10,17,23H,3-6,11-14H2,1-2H3/t17-,19-/m0/s1. The molecule has 1 aromatic carbocycles. The molecule has 2 fully saturated rings. The van der Waals surface area contributed by atoms with E-state index in [9.17, 15) is 9.90 Å². The molecule has 0 radical (unpaired) electrons. The molecule has 0 saturated carbocycles. The number of hydrogen-bond acceptors (Lipinski definition) is 4. The summed E-state index contributed by atoms with van der Waals surface area (Å²) in [6, 6.07) is 7.76. The fourth-order valence-corrected chi connectivity index (χ4v) is 4.04. The van der Waals surface area contributed by atoms with Gasteiger partial charge in [0.25, 0.3) is 0 Å². The quantitative estimate of drug-likeness (QED) is 0.866. The SMILES string of the molecule is COc1ccc([C@](C)(O)[C@@H]2CCCN2CCN2CCCC2=O)cc1. The van der Waals surface area contributed by atoms with Crippen LogP contribution in [-0.2, 0) is 10.4 Å². The number of nitrogens with zero attached hydrogens (tertiary/aromatic N) is 2. The van der Waals surface area contributed by atoms with E-state index in [1.165, 1.54) is 0 Å². The number of carbonyl (C=O) groups is 1. The second kappa shape index (κ2) is 7.11. The summed E-state index contributed by atoms with van der Waals surface area (Å²) >= 11 is 0. The number of hydrogen-bond donors (Lipinski definition) is 1. The van der Waals surface area contributed by atoms with Crippen molar-refractivity contribution in [2.45, 2.75) is 44.2 Å². The second-order valence-corrected chi connectivity index (χ2v) is 7.05. The molecule has 0 aliphatic carbocycles. The normalized spacial score (nSPS) is 24.4. The summed E-state index contributed by atoms with van der Waals surface area (Å²) in [6.45, 7) is 5.38. The number of ether oxygens (including phenoxy) is 1. The average molecular weight is 332 g/mol. The number of benzene rings is 1. The van der Waals surface area contributed by atoms with E-state index in [2.05, 4.69) is 4.90 Å².